The van der Waals surface area contributed by atoms with Gasteiger partial charge in [-0.1, -0.05) is 92.2 Å². The molecule has 0 spiro atoms. The molecular formula is C40H60N2. The van der Waals surface area contributed by atoms with E-state index in [0.717, 1.165) is 75.6 Å². The van der Waals surface area contributed by atoms with Crippen LogP contribution in [0.4, 0.5) is 0 Å². The van der Waals surface area contributed by atoms with Crippen LogP contribution in [0.15, 0.2) is 47.5 Å². The second-order valence-electron chi connectivity index (χ2n) is 12.7. The molecule has 0 aromatic heterocycles. The summed E-state index contributed by atoms with van der Waals surface area (Å²) in [5.41, 5.74) is 25.2. The van der Waals surface area contributed by atoms with Crippen molar-refractivity contribution in [3.8, 4) is 0 Å². The second-order valence-corrected chi connectivity index (χ2v) is 12.7. The lowest BCUT2D eigenvalue weighted by Crippen LogP contribution is -2.05. The summed E-state index contributed by atoms with van der Waals surface area (Å²) in [7, 11) is 0. The Hall–Kier alpha value is -2.48. The fourth-order valence-corrected chi connectivity index (χ4v) is 6.39. The van der Waals surface area contributed by atoms with Crippen LogP contribution >= 0.6 is 0 Å². The Morgan fingerprint density at radius 2 is 0.667 bits per heavy atom. The number of allylic oxidation sites excluding steroid dienone is 2. The summed E-state index contributed by atoms with van der Waals surface area (Å²) in [6.45, 7) is 13.7. The molecule has 0 saturated heterocycles. The molecule has 2 nitrogen and oxygen atoms in total. The highest BCUT2D eigenvalue weighted by molar-refractivity contribution is 5.82. The number of hydrogen-bond acceptors (Lipinski definition) is 0. The van der Waals surface area contributed by atoms with Gasteiger partial charge in [0.15, 0.2) is 0 Å². The molecule has 1 aliphatic heterocycles. The SMILES string of the molecule is CCCCC1=C(c2cc(CCCC)cc(CCCC)c2)[N+](=[N-])C(c2cc(CCCC)cc(CCCC)c2)=C1CCCC. The standard InChI is InChI=1S/C40H60N2/c1-7-13-19-31-25-32(20-14-8-2)28-35(27-31)39-37(23-17-11-5)38(24-18-12-6)40(42(39)41)36-29-33(21-15-9-3)26-34(30-36)22-16-10-4/h25-30H,7-24H2,1-6H3. The van der Waals surface area contributed by atoms with Crippen LogP contribution in [0.2, 0.25) is 0 Å². The maximum atomic E-state index is 12.3. The molecule has 1 heterocycles. The van der Waals surface area contributed by atoms with Crippen LogP contribution in [0.5, 0.6) is 0 Å². The van der Waals surface area contributed by atoms with Gasteiger partial charge < -0.3 is 5.53 Å². The lowest BCUT2D eigenvalue weighted by molar-refractivity contribution is -0.345. The Labute approximate surface area is 259 Å². The number of unbranched alkanes of at least 4 members (excludes halogenated alkanes) is 6. The van der Waals surface area contributed by atoms with Crippen molar-refractivity contribution < 1.29 is 4.70 Å². The van der Waals surface area contributed by atoms with Crippen LogP contribution < -0.4 is 0 Å². The molecule has 1 aliphatic rings. The molecule has 2 heteroatoms. The van der Waals surface area contributed by atoms with E-state index < -0.39 is 0 Å². The monoisotopic (exact) mass is 568 g/mol. The maximum Gasteiger partial charge on any atom is 0.211 e. The van der Waals surface area contributed by atoms with Crippen molar-refractivity contribution in [3.05, 3.63) is 86.5 Å². The van der Waals surface area contributed by atoms with Gasteiger partial charge in [-0.15, -0.1) is 0 Å². The number of hydrogen-bond donors (Lipinski definition) is 0. The summed E-state index contributed by atoms with van der Waals surface area (Å²) in [6.07, 6.45) is 20.7. The number of aryl methyl sites for hydroxylation is 4. The average Bonchev–Trinajstić information content (AvgIpc) is 3.28. The summed E-state index contributed by atoms with van der Waals surface area (Å²) >= 11 is 0. The quantitative estimate of drug-likeness (QED) is 0.142. The molecule has 3 rings (SSSR count). The molecule has 2 aromatic rings. The van der Waals surface area contributed by atoms with Gasteiger partial charge in [0, 0.05) is 22.3 Å². The van der Waals surface area contributed by atoms with E-state index in [-0.39, 0.29) is 0 Å². The van der Waals surface area contributed by atoms with Gasteiger partial charge in [-0.3, -0.25) is 0 Å². The molecule has 0 fully saturated rings. The van der Waals surface area contributed by atoms with Gasteiger partial charge in [-0.2, -0.15) is 0 Å². The first-order chi connectivity index (χ1) is 20.5. The van der Waals surface area contributed by atoms with Gasteiger partial charge in [-0.05, 0) is 124 Å². The third-order valence-electron chi connectivity index (χ3n) is 8.85. The van der Waals surface area contributed by atoms with Crippen LogP contribution in [-0.2, 0) is 25.7 Å². The Bertz CT molecular complexity index is 1070. The number of nitrogens with zero attached hydrogens (tertiary/aromatic N) is 2. The van der Waals surface area contributed by atoms with Crippen molar-refractivity contribution in [2.75, 3.05) is 0 Å². The molecule has 0 unspecified atom stereocenters. The second kappa shape index (κ2) is 18.2. The minimum atomic E-state index is 1.02. The largest absolute Gasteiger partial charge is 0.493 e. The Kier molecular flexibility index (Phi) is 14.8. The van der Waals surface area contributed by atoms with Gasteiger partial charge in [-0.25, -0.2) is 4.70 Å². The highest BCUT2D eigenvalue weighted by Crippen LogP contribution is 2.45. The van der Waals surface area contributed by atoms with Crippen LogP contribution in [0, 0.1) is 0 Å². The first-order valence-corrected chi connectivity index (χ1v) is 17.7. The molecule has 0 aliphatic carbocycles. The Morgan fingerprint density at radius 1 is 0.405 bits per heavy atom. The summed E-state index contributed by atoms with van der Waals surface area (Å²) < 4.78 is 1.63. The van der Waals surface area contributed by atoms with Gasteiger partial charge in [0.1, 0.15) is 0 Å². The van der Waals surface area contributed by atoms with Gasteiger partial charge in [0.2, 0.25) is 11.4 Å². The molecule has 0 bridgehead atoms. The lowest BCUT2D eigenvalue weighted by Gasteiger charge is -2.14. The minimum absolute atomic E-state index is 1.02. The van der Waals surface area contributed by atoms with Crippen molar-refractivity contribution in [2.45, 2.75) is 157 Å². The highest BCUT2D eigenvalue weighted by Gasteiger charge is 2.35. The van der Waals surface area contributed by atoms with Gasteiger partial charge in [0.25, 0.3) is 0 Å². The summed E-state index contributed by atoms with van der Waals surface area (Å²) in [6, 6.07) is 14.4. The van der Waals surface area contributed by atoms with E-state index in [1.54, 1.807) is 4.70 Å². The van der Waals surface area contributed by atoms with Crippen LogP contribution in [-0.4, -0.2) is 4.70 Å². The van der Waals surface area contributed by atoms with E-state index in [1.807, 2.05) is 0 Å². The smallest absolute Gasteiger partial charge is 0.211 e. The topological polar surface area (TPSA) is 25.3 Å². The van der Waals surface area contributed by atoms with Gasteiger partial charge in [0.05, 0.1) is 0 Å². The predicted octanol–water partition coefficient (Wildman–Crippen LogP) is 12.6. The molecule has 0 radical (unpaired) electrons. The zero-order valence-electron chi connectivity index (χ0n) is 28.1. The van der Waals surface area contributed by atoms with Crippen molar-refractivity contribution in [1.29, 1.82) is 0 Å². The minimum Gasteiger partial charge on any atom is -0.493 e. The molecular weight excluding hydrogens is 508 g/mol. The molecule has 2 aromatic carbocycles. The normalized spacial score (nSPS) is 13.6. The van der Waals surface area contributed by atoms with Crippen LogP contribution in [0.3, 0.4) is 0 Å². The summed E-state index contributed by atoms with van der Waals surface area (Å²) in [4.78, 5) is 0. The zero-order chi connectivity index (χ0) is 30.3. The Morgan fingerprint density at radius 3 is 0.929 bits per heavy atom. The van der Waals surface area contributed by atoms with Crippen LogP contribution in [0.1, 0.15) is 165 Å². The third-order valence-corrected chi connectivity index (χ3v) is 8.85. The number of benzene rings is 2. The third kappa shape index (κ3) is 9.26. The van der Waals surface area contributed by atoms with E-state index in [4.69, 9.17) is 0 Å². The fourth-order valence-electron chi connectivity index (χ4n) is 6.39. The maximum absolute atomic E-state index is 12.3. The molecule has 0 N–H and O–H groups in total. The van der Waals surface area contributed by atoms with Crippen molar-refractivity contribution >= 4 is 11.4 Å². The lowest BCUT2D eigenvalue weighted by atomic mass is 9.90. The van der Waals surface area contributed by atoms with Crippen molar-refractivity contribution in [2.24, 2.45) is 0 Å². The van der Waals surface area contributed by atoms with E-state index in [9.17, 15) is 5.53 Å². The van der Waals surface area contributed by atoms with Crippen LogP contribution in [0.25, 0.3) is 16.9 Å². The molecule has 0 atom stereocenters. The fraction of sp³-hybridized carbons (Fsp3) is 0.600. The van der Waals surface area contributed by atoms with E-state index in [1.165, 1.54) is 95.9 Å². The zero-order valence-corrected chi connectivity index (χ0v) is 28.1. The number of rotatable bonds is 20. The first kappa shape index (κ1) is 34.0. The molecule has 42 heavy (non-hydrogen) atoms. The average molecular weight is 569 g/mol. The first-order valence-electron chi connectivity index (χ1n) is 17.7. The molecule has 230 valence electrons. The van der Waals surface area contributed by atoms with Crippen molar-refractivity contribution in [3.63, 3.8) is 0 Å². The van der Waals surface area contributed by atoms with E-state index in [0.29, 0.717) is 0 Å². The van der Waals surface area contributed by atoms with E-state index >= 15 is 0 Å². The summed E-state index contributed by atoms with van der Waals surface area (Å²) in [5.74, 6) is 0. The summed E-state index contributed by atoms with van der Waals surface area (Å²) in [5, 5.41) is 0. The molecule has 0 saturated carbocycles. The Balaban J connectivity index is 2.22. The van der Waals surface area contributed by atoms with Gasteiger partial charge >= 0.3 is 0 Å². The van der Waals surface area contributed by atoms with E-state index in [2.05, 4.69) is 77.9 Å². The molecule has 0 amide bonds. The predicted molar refractivity (Wildman–Crippen MR) is 184 cm³/mol. The van der Waals surface area contributed by atoms with Crippen molar-refractivity contribution in [1.82, 2.24) is 0 Å². The highest BCUT2D eigenvalue weighted by atomic mass is 15.2.